The Bertz CT molecular complexity index is 704. The van der Waals surface area contributed by atoms with Gasteiger partial charge in [-0.05, 0) is 25.2 Å². The second-order valence-electron chi connectivity index (χ2n) is 5.33. The molecule has 0 radical (unpaired) electrons. The van der Waals surface area contributed by atoms with Gasteiger partial charge in [0, 0.05) is 12.0 Å². The summed E-state index contributed by atoms with van der Waals surface area (Å²) in [5.41, 5.74) is 1.00. The monoisotopic (exact) mass is 279 g/mol. The molecule has 0 unspecified atom stereocenters. The molecule has 0 amide bonds. The largest absolute Gasteiger partial charge is 0.281 e. The summed E-state index contributed by atoms with van der Waals surface area (Å²) in [5, 5.41) is 9.89. The molecule has 2 rings (SSSR count). The summed E-state index contributed by atoms with van der Waals surface area (Å²) in [5.74, 6) is 0.449. The molecule has 2 N–H and O–H groups in total. The van der Waals surface area contributed by atoms with Crippen molar-refractivity contribution in [1.29, 1.82) is 0 Å². The highest BCUT2D eigenvalue weighted by Crippen LogP contribution is 2.21. The maximum absolute atomic E-state index is 12.3. The van der Waals surface area contributed by atoms with Crippen molar-refractivity contribution in [3.8, 4) is 11.4 Å². The van der Waals surface area contributed by atoms with Crippen molar-refractivity contribution in [3.63, 3.8) is 0 Å². The highest BCUT2D eigenvalue weighted by molar-refractivity contribution is 7.71. The summed E-state index contributed by atoms with van der Waals surface area (Å²) in [4.78, 5) is 16.4. The number of aromatic nitrogens is 5. The van der Waals surface area contributed by atoms with Crippen LogP contribution in [0.4, 0.5) is 0 Å². The molecule has 2 heterocycles. The van der Waals surface area contributed by atoms with E-state index in [1.54, 1.807) is 6.07 Å². The van der Waals surface area contributed by atoms with E-state index in [4.69, 9.17) is 12.2 Å². The van der Waals surface area contributed by atoms with Crippen LogP contribution in [-0.4, -0.2) is 25.0 Å². The van der Waals surface area contributed by atoms with Crippen molar-refractivity contribution < 1.29 is 0 Å². The van der Waals surface area contributed by atoms with Crippen molar-refractivity contribution in [1.82, 2.24) is 25.0 Å². The quantitative estimate of drug-likeness (QED) is 0.824. The Kier molecular flexibility index (Phi) is 3.40. The summed E-state index contributed by atoms with van der Waals surface area (Å²) in [6.07, 6.45) is 0. The third kappa shape index (κ3) is 2.65. The lowest BCUT2D eigenvalue weighted by molar-refractivity contribution is 0.512. The van der Waals surface area contributed by atoms with Crippen LogP contribution < -0.4 is 5.56 Å². The van der Waals surface area contributed by atoms with E-state index in [0.29, 0.717) is 22.7 Å². The van der Waals surface area contributed by atoms with E-state index in [1.807, 2.05) is 6.92 Å². The topological polar surface area (TPSA) is 79.4 Å². The lowest BCUT2D eigenvalue weighted by Gasteiger charge is -2.19. The van der Waals surface area contributed by atoms with Gasteiger partial charge in [0.15, 0.2) is 5.82 Å². The van der Waals surface area contributed by atoms with E-state index >= 15 is 0 Å². The number of nitrogens with one attached hydrogen (secondary N) is 2. The molecule has 6 nitrogen and oxygen atoms in total. The summed E-state index contributed by atoms with van der Waals surface area (Å²) in [6, 6.07) is 1.77. The van der Waals surface area contributed by atoms with Crippen LogP contribution in [-0.2, 0) is 12.0 Å². The molecule has 7 heteroatoms. The minimum absolute atomic E-state index is 0.146. The Labute approximate surface area is 115 Å². The van der Waals surface area contributed by atoms with Gasteiger partial charge in [-0.3, -0.25) is 15.0 Å². The SMILES string of the molecule is CCn1nc(C(C)(C)C)cc(-c2nc(=S)[nH][nH]2)c1=O. The maximum Gasteiger partial charge on any atom is 0.277 e. The van der Waals surface area contributed by atoms with Crippen LogP contribution in [0.15, 0.2) is 10.9 Å². The smallest absolute Gasteiger partial charge is 0.277 e. The van der Waals surface area contributed by atoms with Gasteiger partial charge in [0.25, 0.3) is 5.56 Å². The lowest BCUT2D eigenvalue weighted by Crippen LogP contribution is -2.28. The molecule has 0 fully saturated rings. The Balaban J connectivity index is 2.73. The molecule has 0 aromatic carbocycles. The van der Waals surface area contributed by atoms with Crippen LogP contribution in [0, 0.1) is 4.77 Å². The summed E-state index contributed by atoms with van der Waals surface area (Å²) in [6.45, 7) is 8.56. The van der Waals surface area contributed by atoms with Crippen molar-refractivity contribution in [3.05, 3.63) is 26.9 Å². The zero-order chi connectivity index (χ0) is 14.2. The zero-order valence-electron chi connectivity index (χ0n) is 11.4. The highest BCUT2D eigenvalue weighted by atomic mass is 32.1. The fourth-order valence-corrected chi connectivity index (χ4v) is 1.83. The van der Waals surface area contributed by atoms with E-state index in [0.717, 1.165) is 5.69 Å². The summed E-state index contributed by atoms with van der Waals surface area (Å²) in [7, 11) is 0. The van der Waals surface area contributed by atoms with Crippen LogP contribution in [0.3, 0.4) is 0 Å². The number of rotatable bonds is 2. The van der Waals surface area contributed by atoms with Crippen LogP contribution in [0.2, 0.25) is 0 Å². The molecule has 102 valence electrons. The molecule has 0 aliphatic rings. The van der Waals surface area contributed by atoms with Crippen molar-refractivity contribution in [2.75, 3.05) is 0 Å². The van der Waals surface area contributed by atoms with Crippen molar-refractivity contribution >= 4 is 12.2 Å². The predicted octanol–water partition coefficient (Wildman–Crippen LogP) is 2.01. The van der Waals surface area contributed by atoms with Gasteiger partial charge in [0.05, 0.1) is 11.3 Å². The number of H-pyrrole nitrogens is 2. The molecule has 0 saturated heterocycles. The first-order valence-corrected chi connectivity index (χ1v) is 6.51. The Morgan fingerprint density at radius 3 is 2.53 bits per heavy atom. The van der Waals surface area contributed by atoms with E-state index in [-0.39, 0.29) is 11.0 Å². The van der Waals surface area contributed by atoms with E-state index < -0.39 is 0 Å². The highest BCUT2D eigenvalue weighted by Gasteiger charge is 2.20. The molecule has 0 bridgehead atoms. The molecule has 2 aromatic rings. The molecule has 0 aliphatic carbocycles. The number of aryl methyl sites for hydroxylation is 1. The van der Waals surface area contributed by atoms with Crippen LogP contribution in [0.5, 0.6) is 0 Å². The summed E-state index contributed by atoms with van der Waals surface area (Å²) >= 11 is 4.92. The number of aromatic amines is 2. The third-order valence-corrected chi connectivity index (χ3v) is 2.99. The molecular formula is C12H17N5OS. The summed E-state index contributed by atoms with van der Waals surface area (Å²) < 4.78 is 1.77. The van der Waals surface area contributed by atoms with Crippen LogP contribution >= 0.6 is 12.2 Å². The zero-order valence-corrected chi connectivity index (χ0v) is 12.3. The van der Waals surface area contributed by atoms with Gasteiger partial charge in [-0.25, -0.2) is 4.68 Å². The standard InChI is InChI=1S/C12H17N5OS/c1-5-17-10(18)7(9-13-11(19)15-14-9)6-8(16-17)12(2,3)4/h6H,5H2,1-4H3,(H2,13,14,15,19). The number of hydrogen-bond acceptors (Lipinski definition) is 4. The molecule has 0 saturated carbocycles. The predicted molar refractivity (Wildman–Crippen MR) is 75.6 cm³/mol. The fourth-order valence-electron chi connectivity index (χ4n) is 1.69. The minimum atomic E-state index is -0.173. The van der Waals surface area contributed by atoms with Crippen LogP contribution in [0.25, 0.3) is 11.4 Å². The van der Waals surface area contributed by atoms with Gasteiger partial charge in [-0.15, -0.1) is 0 Å². The molecule has 2 aromatic heterocycles. The normalized spacial score (nSPS) is 11.8. The molecule has 0 spiro atoms. The van der Waals surface area contributed by atoms with Gasteiger partial charge in [-0.1, -0.05) is 20.8 Å². The molecule has 19 heavy (non-hydrogen) atoms. The van der Waals surface area contributed by atoms with E-state index in [2.05, 4.69) is 41.1 Å². The van der Waals surface area contributed by atoms with Crippen LogP contribution in [0.1, 0.15) is 33.4 Å². The van der Waals surface area contributed by atoms with E-state index in [9.17, 15) is 4.79 Å². The molecular weight excluding hydrogens is 262 g/mol. The first-order valence-electron chi connectivity index (χ1n) is 6.10. The van der Waals surface area contributed by atoms with Gasteiger partial charge in [-0.2, -0.15) is 10.1 Å². The second-order valence-corrected chi connectivity index (χ2v) is 5.72. The number of nitrogens with zero attached hydrogens (tertiary/aromatic N) is 3. The van der Waals surface area contributed by atoms with Gasteiger partial charge < -0.3 is 0 Å². The average molecular weight is 279 g/mol. The first-order chi connectivity index (χ1) is 8.82. The van der Waals surface area contributed by atoms with Crippen molar-refractivity contribution in [2.24, 2.45) is 0 Å². The van der Waals surface area contributed by atoms with E-state index in [1.165, 1.54) is 4.68 Å². The molecule has 0 aliphatic heterocycles. The molecule has 0 atom stereocenters. The first kappa shape index (κ1) is 13.7. The Morgan fingerprint density at radius 1 is 1.37 bits per heavy atom. The Morgan fingerprint density at radius 2 is 2.05 bits per heavy atom. The average Bonchev–Trinajstić information content (AvgIpc) is 2.74. The maximum atomic E-state index is 12.3. The second kappa shape index (κ2) is 4.73. The third-order valence-electron chi connectivity index (χ3n) is 2.80. The van der Waals surface area contributed by atoms with Gasteiger partial charge >= 0.3 is 0 Å². The lowest BCUT2D eigenvalue weighted by atomic mass is 9.91. The van der Waals surface area contributed by atoms with Gasteiger partial charge in [0.2, 0.25) is 4.77 Å². The van der Waals surface area contributed by atoms with Crippen molar-refractivity contribution in [2.45, 2.75) is 39.7 Å². The minimum Gasteiger partial charge on any atom is -0.281 e. The Hall–Kier alpha value is -1.76. The fraction of sp³-hybridized carbons (Fsp3) is 0.500. The number of hydrogen-bond donors (Lipinski definition) is 2. The van der Waals surface area contributed by atoms with Gasteiger partial charge in [0.1, 0.15) is 0 Å².